The standard InChI is InChI=1S/C9H8O4.Mg.2H/c1-6(10)13-9(12)7-4-2-3-5-8(7)11;;;/h2-5,11H,1H3;;;/q;+2;2*-1. The predicted octanol–water partition coefficient (Wildman–Crippen LogP) is 0.940. The number of phenols is 1. The fourth-order valence-corrected chi connectivity index (χ4v) is 0.832. The molecule has 4 nitrogen and oxygen atoms in total. The van der Waals surface area contributed by atoms with Crippen LogP contribution in [0.3, 0.4) is 0 Å². The van der Waals surface area contributed by atoms with Crippen molar-refractivity contribution in [2.24, 2.45) is 0 Å². The second-order valence-electron chi connectivity index (χ2n) is 2.40. The fraction of sp³-hybridized carbons (Fsp3) is 0.111. The summed E-state index contributed by atoms with van der Waals surface area (Å²) in [4.78, 5) is 21.5. The zero-order chi connectivity index (χ0) is 9.84. The summed E-state index contributed by atoms with van der Waals surface area (Å²) in [5.41, 5.74) is -0.0160. The van der Waals surface area contributed by atoms with Gasteiger partial charge in [-0.05, 0) is 12.1 Å². The fourth-order valence-electron chi connectivity index (χ4n) is 0.832. The van der Waals surface area contributed by atoms with E-state index in [1.165, 1.54) is 12.1 Å². The molecule has 0 aliphatic carbocycles. The topological polar surface area (TPSA) is 63.6 Å². The molecule has 0 fully saturated rings. The molecule has 72 valence electrons. The average molecular weight is 206 g/mol. The number of ether oxygens (including phenoxy) is 1. The second-order valence-corrected chi connectivity index (χ2v) is 2.40. The van der Waals surface area contributed by atoms with Gasteiger partial charge >= 0.3 is 35.0 Å². The van der Waals surface area contributed by atoms with Gasteiger partial charge in [-0.1, -0.05) is 12.1 Å². The molecule has 0 saturated heterocycles. The summed E-state index contributed by atoms with van der Waals surface area (Å²) in [6.07, 6.45) is 0. The molecule has 0 aliphatic rings. The van der Waals surface area contributed by atoms with Crippen molar-refractivity contribution >= 4 is 35.0 Å². The number of phenolic OH excluding ortho intramolecular Hbond substituents is 1. The molecule has 5 heteroatoms. The van der Waals surface area contributed by atoms with Crippen LogP contribution in [0.5, 0.6) is 5.75 Å². The van der Waals surface area contributed by atoms with Gasteiger partial charge in [0.1, 0.15) is 11.3 Å². The van der Waals surface area contributed by atoms with Crippen LogP contribution in [0.1, 0.15) is 20.1 Å². The molecule has 0 saturated carbocycles. The molecule has 0 spiro atoms. The molecule has 0 unspecified atom stereocenters. The molecule has 1 aromatic rings. The van der Waals surface area contributed by atoms with Crippen LogP contribution < -0.4 is 0 Å². The SMILES string of the molecule is CC(=O)OC(=O)c1ccccc1O.[H-].[H-].[Mg+2]. The van der Waals surface area contributed by atoms with E-state index in [9.17, 15) is 14.7 Å². The van der Waals surface area contributed by atoms with Crippen molar-refractivity contribution in [3.63, 3.8) is 0 Å². The van der Waals surface area contributed by atoms with E-state index >= 15 is 0 Å². The molecule has 0 bridgehead atoms. The molecule has 0 amide bonds. The van der Waals surface area contributed by atoms with E-state index in [1.54, 1.807) is 12.1 Å². The molecule has 14 heavy (non-hydrogen) atoms. The van der Waals surface area contributed by atoms with Crippen molar-refractivity contribution in [1.82, 2.24) is 0 Å². The maximum absolute atomic E-state index is 11.1. The number of hydrogen-bond donors (Lipinski definition) is 1. The minimum absolute atomic E-state index is 0. The third-order valence-electron chi connectivity index (χ3n) is 1.36. The first-order valence-electron chi connectivity index (χ1n) is 3.62. The van der Waals surface area contributed by atoms with Crippen LogP contribution in [-0.2, 0) is 9.53 Å². The van der Waals surface area contributed by atoms with Crippen LogP contribution in [0.25, 0.3) is 0 Å². The summed E-state index contributed by atoms with van der Waals surface area (Å²) in [7, 11) is 0. The van der Waals surface area contributed by atoms with Crippen LogP contribution in [0.2, 0.25) is 0 Å². The van der Waals surface area contributed by atoms with Crippen molar-refractivity contribution in [3.8, 4) is 5.75 Å². The summed E-state index contributed by atoms with van der Waals surface area (Å²) in [5, 5.41) is 9.18. The van der Waals surface area contributed by atoms with Gasteiger partial charge in [-0.3, -0.25) is 4.79 Å². The van der Waals surface area contributed by atoms with Crippen molar-refractivity contribution in [1.29, 1.82) is 0 Å². The van der Waals surface area contributed by atoms with Crippen LogP contribution in [0, 0.1) is 0 Å². The average Bonchev–Trinajstić information content (AvgIpc) is 2.03. The third-order valence-corrected chi connectivity index (χ3v) is 1.36. The minimum Gasteiger partial charge on any atom is -1.00 e. The molecule has 0 atom stereocenters. The molecule has 1 rings (SSSR count). The van der Waals surface area contributed by atoms with E-state index in [4.69, 9.17) is 0 Å². The normalized spacial score (nSPS) is 8.64. The van der Waals surface area contributed by atoms with Gasteiger partial charge in [0, 0.05) is 6.92 Å². The van der Waals surface area contributed by atoms with Gasteiger partial charge in [0.05, 0.1) is 0 Å². The Bertz CT molecular complexity index is 357. The van der Waals surface area contributed by atoms with E-state index in [0.717, 1.165) is 6.92 Å². The number of para-hydroxylation sites is 1. The molecular weight excluding hydrogens is 196 g/mol. The van der Waals surface area contributed by atoms with Gasteiger partial charge in [-0.15, -0.1) is 0 Å². The zero-order valence-electron chi connectivity index (χ0n) is 9.69. The maximum atomic E-state index is 11.1. The van der Waals surface area contributed by atoms with Crippen molar-refractivity contribution < 1.29 is 22.3 Å². The number of hydrogen-bond acceptors (Lipinski definition) is 4. The number of esters is 2. The van der Waals surface area contributed by atoms with Crippen molar-refractivity contribution in [2.45, 2.75) is 6.92 Å². The Morgan fingerprint density at radius 1 is 1.36 bits per heavy atom. The van der Waals surface area contributed by atoms with E-state index in [0.29, 0.717) is 0 Å². The Kier molecular flexibility index (Phi) is 5.18. The summed E-state index contributed by atoms with van der Waals surface area (Å²) in [6, 6.07) is 5.85. The van der Waals surface area contributed by atoms with Gasteiger partial charge in [0.25, 0.3) is 0 Å². The van der Waals surface area contributed by atoms with E-state index < -0.39 is 11.9 Å². The van der Waals surface area contributed by atoms with E-state index in [-0.39, 0.29) is 37.2 Å². The number of carbonyl (C=O) groups excluding carboxylic acids is 2. The number of carbonyl (C=O) groups is 2. The summed E-state index contributed by atoms with van der Waals surface area (Å²) >= 11 is 0. The third kappa shape index (κ3) is 3.35. The Morgan fingerprint density at radius 2 is 1.93 bits per heavy atom. The molecule has 0 heterocycles. The smallest absolute Gasteiger partial charge is 1.00 e. The Hall–Kier alpha value is -1.07. The molecule has 1 aromatic carbocycles. The molecule has 0 radical (unpaired) electrons. The largest absolute Gasteiger partial charge is 2.00 e. The minimum atomic E-state index is -0.842. The summed E-state index contributed by atoms with van der Waals surface area (Å²) in [6.45, 7) is 1.12. The Morgan fingerprint density at radius 3 is 2.43 bits per heavy atom. The first-order chi connectivity index (χ1) is 6.11. The molecule has 0 aromatic heterocycles. The van der Waals surface area contributed by atoms with Gasteiger partial charge in [-0.25, -0.2) is 4.79 Å². The molecular formula is C9H10MgO4. The Labute approximate surface area is 100.0 Å². The van der Waals surface area contributed by atoms with Gasteiger partial charge < -0.3 is 12.7 Å². The Balaban J connectivity index is -0.000000563. The quantitative estimate of drug-likeness (QED) is 0.422. The number of aromatic hydroxyl groups is 1. The maximum Gasteiger partial charge on any atom is 2.00 e. The number of rotatable bonds is 1. The molecule has 1 N–H and O–H groups in total. The predicted molar refractivity (Wildman–Crippen MR) is 52.2 cm³/mol. The van der Waals surface area contributed by atoms with Gasteiger partial charge in [0.15, 0.2) is 0 Å². The summed E-state index contributed by atoms with van der Waals surface area (Å²) in [5.74, 6) is -1.74. The second kappa shape index (κ2) is 5.61. The zero-order valence-corrected chi connectivity index (χ0v) is 9.10. The van der Waals surface area contributed by atoms with Crippen LogP contribution >= 0.6 is 0 Å². The van der Waals surface area contributed by atoms with E-state index in [1.807, 2.05) is 0 Å². The molecule has 0 aliphatic heterocycles. The van der Waals surface area contributed by atoms with Crippen molar-refractivity contribution in [3.05, 3.63) is 29.8 Å². The monoisotopic (exact) mass is 206 g/mol. The summed E-state index contributed by atoms with van der Waals surface area (Å²) < 4.78 is 4.28. The van der Waals surface area contributed by atoms with Gasteiger partial charge in [0.2, 0.25) is 0 Å². The van der Waals surface area contributed by atoms with Crippen molar-refractivity contribution in [2.75, 3.05) is 0 Å². The first kappa shape index (κ1) is 12.9. The van der Waals surface area contributed by atoms with Crippen LogP contribution in [0.15, 0.2) is 24.3 Å². The van der Waals surface area contributed by atoms with Crippen LogP contribution in [0.4, 0.5) is 0 Å². The van der Waals surface area contributed by atoms with Crippen LogP contribution in [-0.4, -0.2) is 40.1 Å². The first-order valence-corrected chi connectivity index (χ1v) is 3.62. The van der Waals surface area contributed by atoms with Gasteiger partial charge in [-0.2, -0.15) is 0 Å². The number of benzene rings is 1. The van der Waals surface area contributed by atoms with E-state index in [2.05, 4.69) is 4.74 Å².